The number of amides is 2. The first kappa shape index (κ1) is 13.9. The van der Waals surface area contributed by atoms with E-state index in [1.54, 1.807) is 23.9 Å². The van der Waals surface area contributed by atoms with Gasteiger partial charge < -0.3 is 9.73 Å². The second kappa shape index (κ2) is 6.60. The minimum Gasteiger partial charge on any atom is -0.472 e. The van der Waals surface area contributed by atoms with E-state index in [2.05, 4.69) is 22.8 Å². The van der Waals surface area contributed by atoms with Gasteiger partial charge >= 0.3 is 6.03 Å². The number of furan rings is 1. The summed E-state index contributed by atoms with van der Waals surface area (Å²) in [5.74, 6) is 0. The van der Waals surface area contributed by atoms with Crippen LogP contribution in [-0.2, 0) is 6.42 Å². The van der Waals surface area contributed by atoms with Crippen molar-refractivity contribution in [1.82, 2.24) is 5.32 Å². The first-order chi connectivity index (χ1) is 10.3. The number of hydrogen-bond acceptors (Lipinski definition) is 4. The van der Waals surface area contributed by atoms with Crippen molar-refractivity contribution in [2.24, 2.45) is 0 Å². The van der Waals surface area contributed by atoms with Gasteiger partial charge in [0, 0.05) is 21.9 Å². The van der Waals surface area contributed by atoms with E-state index in [0.717, 1.165) is 17.0 Å². The lowest BCUT2D eigenvalue weighted by molar-refractivity contribution is 0.252. The number of rotatable bonds is 5. The van der Waals surface area contributed by atoms with Crippen LogP contribution >= 0.6 is 22.7 Å². The summed E-state index contributed by atoms with van der Waals surface area (Å²) in [5, 5.41) is 8.44. The van der Waals surface area contributed by atoms with E-state index in [1.165, 1.54) is 21.1 Å². The van der Waals surface area contributed by atoms with Crippen molar-refractivity contribution in [3.63, 3.8) is 0 Å². The number of urea groups is 1. The Balaban J connectivity index is 1.46. The molecule has 108 valence electrons. The van der Waals surface area contributed by atoms with Crippen molar-refractivity contribution in [2.45, 2.75) is 6.42 Å². The zero-order valence-electron chi connectivity index (χ0n) is 11.2. The van der Waals surface area contributed by atoms with E-state index < -0.39 is 0 Å². The molecule has 0 atom stereocenters. The molecule has 0 aliphatic heterocycles. The minimum atomic E-state index is -0.163. The molecule has 6 heteroatoms. The quantitative estimate of drug-likeness (QED) is 0.731. The summed E-state index contributed by atoms with van der Waals surface area (Å²) < 4.78 is 5.08. The molecule has 3 rings (SSSR count). The number of anilines is 1. The maximum atomic E-state index is 11.7. The highest BCUT2D eigenvalue weighted by Gasteiger charge is 2.05. The number of carbonyl (C=O) groups is 1. The molecule has 0 saturated heterocycles. The Morgan fingerprint density at radius 1 is 1.24 bits per heavy atom. The van der Waals surface area contributed by atoms with Crippen molar-refractivity contribution in [1.29, 1.82) is 0 Å². The smallest absolute Gasteiger partial charge is 0.319 e. The van der Waals surface area contributed by atoms with E-state index in [9.17, 15) is 4.79 Å². The van der Waals surface area contributed by atoms with Crippen LogP contribution in [0.25, 0.3) is 10.4 Å². The standard InChI is InChI=1S/C15H14N2O2S2/c18-15(17-14-2-1-9-20-14)16-7-5-12-3-4-13(21-12)11-6-8-19-10-11/h1-4,6,8-10H,5,7H2,(H2,16,17,18). The minimum absolute atomic E-state index is 0.163. The molecule has 0 saturated carbocycles. The van der Waals surface area contributed by atoms with Gasteiger partial charge in [-0.05, 0) is 42.1 Å². The fraction of sp³-hybridized carbons (Fsp3) is 0.133. The van der Waals surface area contributed by atoms with Crippen LogP contribution in [0.3, 0.4) is 0 Å². The maximum Gasteiger partial charge on any atom is 0.319 e. The Bertz CT molecular complexity index is 687. The first-order valence-electron chi connectivity index (χ1n) is 6.51. The van der Waals surface area contributed by atoms with Crippen molar-refractivity contribution < 1.29 is 9.21 Å². The van der Waals surface area contributed by atoms with Gasteiger partial charge in [-0.15, -0.1) is 22.7 Å². The summed E-state index contributed by atoms with van der Waals surface area (Å²) in [6.07, 6.45) is 4.23. The average molecular weight is 318 g/mol. The predicted molar refractivity (Wildman–Crippen MR) is 87.1 cm³/mol. The van der Waals surface area contributed by atoms with Crippen molar-refractivity contribution >= 4 is 33.7 Å². The van der Waals surface area contributed by atoms with Gasteiger partial charge in [0.15, 0.2) is 0 Å². The second-order valence-corrected chi connectivity index (χ2v) is 6.50. The lowest BCUT2D eigenvalue weighted by atomic mass is 10.3. The summed E-state index contributed by atoms with van der Waals surface area (Å²) in [7, 11) is 0. The Morgan fingerprint density at radius 2 is 2.19 bits per heavy atom. The lowest BCUT2D eigenvalue weighted by Crippen LogP contribution is -2.29. The summed E-state index contributed by atoms with van der Waals surface area (Å²) in [6, 6.07) is 9.73. The summed E-state index contributed by atoms with van der Waals surface area (Å²) in [4.78, 5) is 14.1. The SMILES string of the molecule is O=C(NCCc1ccc(-c2ccoc2)s1)Nc1cccs1. The third-order valence-corrected chi connectivity index (χ3v) is 4.86. The molecule has 0 aromatic carbocycles. The monoisotopic (exact) mass is 318 g/mol. The molecule has 3 aromatic rings. The van der Waals surface area contributed by atoms with Gasteiger partial charge in [-0.2, -0.15) is 0 Å². The van der Waals surface area contributed by atoms with Crippen molar-refractivity contribution in [3.05, 3.63) is 53.1 Å². The fourth-order valence-electron chi connectivity index (χ4n) is 1.88. The maximum absolute atomic E-state index is 11.7. The van der Waals surface area contributed by atoms with Gasteiger partial charge in [-0.1, -0.05) is 0 Å². The number of nitrogens with one attached hydrogen (secondary N) is 2. The number of hydrogen-bond donors (Lipinski definition) is 2. The van der Waals surface area contributed by atoms with Crippen LogP contribution in [0.2, 0.25) is 0 Å². The normalized spacial score (nSPS) is 10.5. The van der Waals surface area contributed by atoms with E-state index in [-0.39, 0.29) is 6.03 Å². The number of thiophene rings is 2. The molecule has 0 radical (unpaired) electrons. The van der Waals surface area contributed by atoms with Crippen LogP contribution in [0.5, 0.6) is 0 Å². The first-order valence-corrected chi connectivity index (χ1v) is 8.20. The summed E-state index contributed by atoms with van der Waals surface area (Å²) in [5.41, 5.74) is 1.09. The van der Waals surface area contributed by atoms with Gasteiger partial charge in [0.2, 0.25) is 0 Å². The third kappa shape index (κ3) is 3.74. The Hall–Kier alpha value is -2.05. The lowest BCUT2D eigenvalue weighted by Gasteiger charge is -2.04. The molecule has 3 heterocycles. The van der Waals surface area contributed by atoms with Crippen molar-refractivity contribution in [2.75, 3.05) is 11.9 Å². The zero-order chi connectivity index (χ0) is 14.5. The van der Waals surface area contributed by atoms with Crippen LogP contribution in [0, 0.1) is 0 Å². The third-order valence-electron chi connectivity index (χ3n) is 2.88. The van der Waals surface area contributed by atoms with E-state index in [0.29, 0.717) is 6.54 Å². The van der Waals surface area contributed by atoms with Crippen LogP contribution in [0.15, 0.2) is 52.7 Å². The molecular formula is C15H14N2O2S2. The van der Waals surface area contributed by atoms with E-state index in [4.69, 9.17) is 4.42 Å². The Labute approximate surface area is 130 Å². The predicted octanol–water partition coefficient (Wildman–Crippen LogP) is 4.43. The van der Waals surface area contributed by atoms with Gasteiger partial charge in [0.05, 0.1) is 17.5 Å². The molecule has 0 unspecified atom stereocenters. The summed E-state index contributed by atoms with van der Waals surface area (Å²) in [6.45, 7) is 0.614. The van der Waals surface area contributed by atoms with Crippen LogP contribution < -0.4 is 10.6 Å². The zero-order valence-corrected chi connectivity index (χ0v) is 12.8. The Morgan fingerprint density at radius 3 is 2.95 bits per heavy atom. The molecule has 0 fully saturated rings. The van der Waals surface area contributed by atoms with Crippen molar-refractivity contribution in [3.8, 4) is 10.4 Å². The molecule has 0 bridgehead atoms. The van der Waals surface area contributed by atoms with Gasteiger partial charge in [-0.25, -0.2) is 4.79 Å². The number of carbonyl (C=O) groups excluding carboxylic acids is 1. The topological polar surface area (TPSA) is 54.3 Å². The molecule has 2 N–H and O–H groups in total. The molecule has 0 aliphatic carbocycles. The van der Waals surface area contributed by atoms with Gasteiger partial charge in [0.25, 0.3) is 0 Å². The Kier molecular flexibility index (Phi) is 4.37. The molecule has 21 heavy (non-hydrogen) atoms. The van der Waals surface area contributed by atoms with E-state index >= 15 is 0 Å². The summed E-state index contributed by atoms with van der Waals surface area (Å²) >= 11 is 3.22. The van der Waals surface area contributed by atoms with E-state index in [1.807, 2.05) is 23.6 Å². The highest BCUT2D eigenvalue weighted by molar-refractivity contribution is 7.15. The molecule has 2 amide bonds. The highest BCUT2D eigenvalue weighted by Crippen LogP contribution is 2.28. The van der Waals surface area contributed by atoms with Gasteiger partial charge in [-0.3, -0.25) is 5.32 Å². The van der Waals surface area contributed by atoms with Crippen LogP contribution in [-0.4, -0.2) is 12.6 Å². The fourth-order valence-corrected chi connectivity index (χ4v) is 3.48. The molecule has 3 aromatic heterocycles. The molecule has 0 spiro atoms. The largest absolute Gasteiger partial charge is 0.472 e. The van der Waals surface area contributed by atoms with Gasteiger partial charge in [0.1, 0.15) is 0 Å². The average Bonchev–Trinajstić information content (AvgIpc) is 3.21. The molecule has 4 nitrogen and oxygen atoms in total. The molecule has 0 aliphatic rings. The molecular weight excluding hydrogens is 304 g/mol. The second-order valence-electron chi connectivity index (χ2n) is 4.39. The van der Waals surface area contributed by atoms with Crippen LogP contribution in [0.4, 0.5) is 9.80 Å². The van der Waals surface area contributed by atoms with Crippen LogP contribution in [0.1, 0.15) is 4.88 Å². The highest BCUT2D eigenvalue weighted by atomic mass is 32.1.